The Bertz CT molecular complexity index is 2280. The average Bonchev–Trinajstić information content (AvgIpc) is 3.66. The van der Waals surface area contributed by atoms with Gasteiger partial charge in [-0.1, -0.05) is 77.3 Å². The van der Waals surface area contributed by atoms with E-state index in [0.29, 0.717) is 17.9 Å². The third-order valence-electron chi connectivity index (χ3n) is 14.0. The Morgan fingerprint density at radius 3 is 1.56 bits per heavy atom. The maximum atomic E-state index is 14.5. The second-order valence-electron chi connectivity index (χ2n) is 21.6. The van der Waals surface area contributed by atoms with Gasteiger partial charge in [0.15, 0.2) is 0 Å². The minimum Gasteiger partial charge on any atom is -0.394 e. The lowest BCUT2D eigenvalue weighted by atomic mass is 10.00. The van der Waals surface area contributed by atoms with E-state index in [1.54, 1.807) is 44.2 Å². The second-order valence-corrected chi connectivity index (χ2v) is 21.6. The first kappa shape index (κ1) is 73.2. The third-order valence-corrected chi connectivity index (χ3v) is 14.0. The van der Waals surface area contributed by atoms with Gasteiger partial charge in [0.05, 0.1) is 12.7 Å². The van der Waals surface area contributed by atoms with Crippen LogP contribution in [0.4, 0.5) is 0 Å². The molecular weight excluding hydrogens is 1090 g/mol. The molecule has 0 spiro atoms. The van der Waals surface area contributed by atoms with Crippen LogP contribution in [0, 0.1) is 11.8 Å². The van der Waals surface area contributed by atoms with Gasteiger partial charge in [-0.15, -0.1) is 0 Å². The van der Waals surface area contributed by atoms with E-state index >= 15 is 0 Å². The summed E-state index contributed by atoms with van der Waals surface area (Å²) in [6.45, 7) is 6.85. The number of unbranched alkanes of at least 4 members (excludes halogenated alkanes) is 1. The van der Waals surface area contributed by atoms with E-state index in [9.17, 15) is 63.0 Å². The van der Waals surface area contributed by atoms with Gasteiger partial charge in [-0.3, -0.25) is 52.7 Å². The molecule has 0 aromatic heterocycles. The topological polar surface area (TPSA) is 491 Å². The molecule has 2 rings (SSSR count). The number of benzene rings is 1. The number of carbonyl (C=O) groups is 11. The average molecular weight is 1190 g/mol. The molecule has 1 aromatic carbocycles. The molecule has 0 aliphatic carbocycles. The molecule has 23 N–H and O–H groups in total. The maximum absolute atomic E-state index is 14.5. The molecule has 1 heterocycles. The van der Waals surface area contributed by atoms with Crippen molar-refractivity contribution in [3.63, 3.8) is 0 Å². The van der Waals surface area contributed by atoms with Gasteiger partial charge in [-0.25, -0.2) is 0 Å². The van der Waals surface area contributed by atoms with Crippen molar-refractivity contribution in [3.8, 4) is 0 Å². The predicted octanol–water partition coefficient (Wildman–Crippen LogP) is -5.63. The minimum atomic E-state index is -1.69. The number of rotatable bonds is 29. The zero-order chi connectivity index (χ0) is 62.9. The molecule has 1 saturated heterocycles. The van der Waals surface area contributed by atoms with Crippen LogP contribution in [0.15, 0.2) is 30.3 Å². The van der Waals surface area contributed by atoms with Gasteiger partial charge >= 0.3 is 0 Å². The molecule has 474 valence electrons. The SMILES string of the molecule is CCC(C)CCCCC(=O)NC(CCN)C(=O)NC(CO)C(=O)NC(CCN)C(=O)NC1CCNC(=O)C(C(C)O)NC(=O)C(CCN)NC(=O)C(CCN)NC(=O)C(CC(C)C)NC(=O)C(Cc2ccccc2)NC(=O)C(CCN)NC1=O. The van der Waals surface area contributed by atoms with Crippen LogP contribution in [-0.4, -0.2) is 188 Å². The van der Waals surface area contributed by atoms with Crippen LogP contribution in [0.1, 0.15) is 117 Å². The first-order chi connectivity index (χ1) is 40.0. The normalized spacial score (nSPS) is 22.6. The molecular formula is C55H96N16O13. The summed E-state index contributed by atoms with van der Waals surface area (Å²) in [6.07, 6.45) is 0.549. The predicted molar refractivity (Wildman–Crippen MR) is 312 cm³/mol. The van der Waals surface area contributed by atoms with Crippen LogP contribution < -0.4 is 87.2 Å². The number of aliphatic hydroxyl groups is 2. The first-order valence-corrected chi connectivity index (χ1v) is 29.1. The van der Waals surface area contributed by atoms with E-state index in [2.05, 4.69) is 72.3 Å². The molecule has 1 fully saturated rings. The van der Waals surface area contributed by atoms with Crippen molar-refractivity contribution >= 4 is 65.0 Å². The van der Waals surface area contributed by atoms with Crippen molar-refractivity contribution in [2.45, 2.75) is 185 Å². The number of amides is 11. The molecule has 84 heavy (non-hydrogen) atoms. The van der Waals surface area contributed by atoms with Crippen LogP contribution >= 0.6 is 0 Å². The fraction of sp³-hybridized carbons (Fsp3) is 0.691. The number of hydrogen-bond acceptors (Lipinski definition) is 18. The highest BCUT2D eigenvalue weighted by Gasteiger charge is 2.37. The Morgan fingerprint density at radius 1 is 0.571 bits per heavy atom. The van der Waals surface area contributed by atoms with E-state index in [0.717, 1.165) is 19.3 Å². The van der Waals surface area contributed by atoms with Crippen molar-refractivity contribution in [3.05, 3.63) is 35.9 Å². The van der Waals surface area contributed by atoms with Gasteiger partial charge in [0.2, 0.25) is 65.0 Å². The van der Waals surface area contributed by atoms with Gasteiger partial charge in [-0.2, -0.15) is 0 Å². The molecule has 1 aliphatic rings. The molecule has 1 aliphatic heterocycles. The highest BCUT2D eigenvalue weighted by Crippen LogP contribution is 2.14. The molecule has 29 nitrogen and oxygen atoms in total. The van der Waals surface area contributed by atoms with Crippen molar-refractivity contribution in [1.82, 2.24) is 58.5 Å². The van der Waals surface area contributed by atoms with Gasteiger partial charge in [-0.05, 0) is 108 Å². The molecule has 29 heteroatoms. The van der Waals surface area contributed by atoms with Crippen LogP contribution in [0.5, 0.6) is 0 Å². The standard InChI is InChI=1S/C55H96N16O13/c1-6-32(4)12-10-11-15-44(74)62-35(16-22-56)46(75)70-43(30-72)54(83)66-37(18-24-58)48(77)67-40-21-27-61-55(84)45(33(5)73)71-51(80)39(20-26-60)64-47(76)36(17-23-57)65-52(81)41(28-31(2)3)68-53(82)42(29-34-13-8-7-9-14-34)69-49(78)38(19-25-59)63-50(40)79/h7-9,13-14,31-33,35-43,45,72-73H,6,10-12,15-30,56-60H2,1-5H3,(H,61,84)(H,62,74)(H,63,79)(H,64,76)(H,65,81)(H,66,83)(H,67,77)(H,68,82)(H,69,78)(H,70,75)(H,71,80). The van der Waals surface area contributed by atoms with Crippen molar-refractivity contribution in [2.24, 2.45) is 40.5 Å². The smallest absolute Gasteiger partial charge is 0.245 e. The molecule has 0 bridgehead atoms. The summed E-state index contributed by atoms with van der Waals surface area (Å²) in [5, 5.41) is 49.0. The summed E-state index contributed by atoms with van der Waals surface area (Å²) in [6, 6.07) is -6.16. The number of aliphatic hydroxyl groups excluding tert-OH is 2. The summed E-state index contributed by atoms with van der Waals surface area (Å²) < 4.78 is 0. The quantitative estimate of drug-likeness (QED) is 0.0333. The molecule has 1 aromatic rings. The van der Waals surface area contributed by atoms with E-state index in [-0.39, 0.29) is 90.0 Å². The highest BCUT2D eigenvalue weighted by atomic mass is 16.3. The van der Waals surface area contributed by atoms with Crippen molar-refractivity contribution in [2.75, 3.05) is 45.9 Å². The Hall–Kier alpha value is -6.89. The van der Waals surface area contributed by atoms with Crippen molar-refractivity contribution < 1.29 is 63.0 Å². The Balaban J connectivity index is 2.65. The molecule has 0 saturated carbocycles. The maximum Gasteiger partial charge on any atom is 0.245 e. The van der Waals surface area contributed by atoms with Gasteiger partial charge in [0.1, 0.15) is 60.4 Å². The number of carbonyl (C=O) groups excluding carboxylic acids is 11. The summed E-state index contributed by atoms with van der Waals surface area (Å²) in [5.41, 5.74) is 29.9. The first-order valence-electron chi connectivity index (χ1n) is 29.1. The monoisotopic (exact) mass is 1190 g/mol. The van der Waals surface area contributed by atoms with Crippen LogP contribution in [0.2, 0.25) is 0 Å². The fourth-order valence-corrected chi connectivity index (χ4v) is 8.94. The molecule has 0 radical (unpaired) electrons. The Labute approximate surface area is 491 Å². The lowest BCUT2D eigenvalue weighted by molar-refractivity contribution is -0.136. The zero-order valence-corrected chi connectivity index (χ0v) is 49.3. The largest absolute Gasteiger partial charge is 0.394 e. The fourth-order valence-electron chi connectivity index (χ4n) is 8.94. The minimum absolute atomic E-state index is 0.0117. The summed E-state index contributed by atoms with van der Waals surface area (Å²) in [5.74, 6) is -9.44. The van der Waals surface area contributed by atoms with E-state index in [1.165, 1.54) is 6.92 Å². The molecule has 12 unspecified atom stereocenters. The third kappa shape index (κ3) is 26.4. The number of hydrogen-bond donors (Lipinski definition) is 18. The summed E-state index contributed by atoms with van der Waals surface area (Å²) in [4.78, 5) is 153. The van der Waals surface area contributed by atoms with Gasteiger partial charge in [0.25, 0.3) is 0 Å². The van der Waals surface area contributed by atoms with Crippen LogP contribution in [-0.2, 0) is 59.2 Å². The second kappa shape index (κ2) is 39.6. The van der Waals surface area contributed by atoms with E-state index in [4.69, 9.17) is 28.7 Å². The highest BCUT2D eigenvalue weighted by molar-refractivity contribution is 5.99. The number of nitrogens with two attached hydrogens (primary N) is 5. The Kier molecular flexibility index (Phi) is 34.5. The van der Waals surface area contributed by atoms with Crippen LogP contribution in [0.25, 0.3) is 0 Å². The van der Waals surface area contributed by atoms with Crippen molar-refractivity contribution in [1.29, 1.82) is 0 Å². The molecule has 11 amide bonds. The lowest BCUT2D eigenvalue weighted by Gasteiger charge is -2.28. The van der Waals surface area contributed by atoms with Crippen LogP contribution in [0.3, 0.4) is 0 Å². The number of nitrogens with one attached hydrogen (secondary N) is 11. The summed E-state index contributed by atoms with van der Waals surface area (Å²) >= 11 is 0. The van der Waals surface area contributed by atoms with E-state index < -0.39 is 151 Å². The lowest BCUT2D eigenvalue weighted by Crippen LogP contribution is -2.61. The van der Waals surface area contributed by atoms with Gasteiger partial charge < -0.3 is 97.4 Å². The Morgan fingerprint density at radius 2 is 1.05 bits per heavy atom. The zero-order valence-electron chi connectivity index (χ0n) is 49.3. The summed E-state index contributed by atoms with van der Waals surface area (Å²) in [7, 11) is 0. The van der Waals surface area contributed by atoms with E-state index in [1.807, 2.05) is 0 Å². The van der Waals surface area contributed by atoms with Gasteiger partial charge in [0, 0.05) is 19.4 Å². The molecule has 12 atom stereocenters.